The molecular formula is C17H28N6O4. The fourth-order valence-electron chi connectivity index (χ4n) is 3.12. The first kappa shape index (κ1) is 20.8. The van der Waals surface area contributed by atoms with Crippen LogP contribution in [0.5, 0.6) is 0 Å². The summed E-state index contributed by atoms with van der Waals surface area (Å²) in [6.45, 7) is 6.76. The molecule has 10 nitrogen and oxygen atoms in total. The number of anilines is 1. The van der Waals surface area contributed by atoms with E-state index in [-0.39, 0.29) is 12.5 Å². The molecule has 0 aromatic carbocycles. The summed E-state index contributed by atoms with van der Waals surface area (Å²) in [7, 11) is 2.09. The van der Waals surface area contributed by atoms with Crippen LogP contribution in [0.4, 0.5) is 10.6 Å². The molecule has 2 amide bonds. The van der Waals surface area contributed by atoms with Gasteiger partial charge in [-0.2, -0.15) is 0 Å². The number of carbonyl (C=O) groups is 2. The second-order valence-electron chi connectivity index (χ2n) is 6.53. The first-order valence-electron chi connectivity index (χ1n) is 9.02. The molecule has 2 aliphatic rings. The number of urea groups is 1. The molecule has 2 saturated heterocycles. The van der Waals surface area contributed by atoms with Crippen LogP contribution in [0.25, 0.3) is 0 Å². The van der Waals surface area contributed by atoms with E-state index >= 15 is 0 Å². The minimum Gasteiger partial charge on any atom is -0.483 e. The van der Waals surface area contributed by atoms with E-state index < -0.39 is 0 Å². The van der Waals surface area contributed by atoms with Gasteiger partial charge in [0.05, 0.1) is 19.4 Å². The lowest BCUT2D eigenvalue weighted by molar-refractivity contribution is -0.122. The molecular weight excluding hydrogens is 352 g/mol. The van der Waals surface area contributed by atoms with E-state index in [9.17, 15) is 4.79 Å². The lowest BCUT2D eigenvalue weighted by atomic mass is 10.1. The average Bonchev–Trinajstić information content (AvgIpc) is 2.91. The standard InChI is InChI=1S/C16H26N6O2.CH2O2/c1-20-8-9-24-13-14(12-20)10-19-16(23)22-6-4-21(5-7-22)15-11-17-2-3-18-15;2-1-3/h2-3,11,14H,4-10,12-13H2,1H3,(H,19,23);1H,(H,2,3). The highest BCUT2D eigenvalue weighted by Crippen LogP contribution is 2.11. The summed E-state index contributed by atoms with van der Waals surface area (Å²) in [5, 5.41) is 9.95. The molecule has 10 heteroatoms. The zero-order valence-corrected chi connectivity index (χ0v) is 15.7. The second-order valence-corrected chi connectivity index (χ2v) is 6.53. The number of carbonyl (C=O) groups excluding carboxylic acids is 1. The SMILES string of the molecule is CN1CCOCC(CNC(=O)N2CCN(c3cnccn3)CC2)C1.O=CO. The van der Waals surface area contributed by atoms with Crippen molar-refractivity contribution in [2.75, 3.05) is 71.0 Å². The highest BCUT2D eigenvalue weighted by atomic mass is 16.5. The Kier molecular flexibility index (Phi) is 8.72. The maximum Gasteiger partial charge on any atom is 0.317 e. The van der Waals surface area contributed by atoms with Gasteiger partial charge in [0.2, 0.25) is 0 Å². The van der Waals surface area contributed by atoms with Gasteiger partial charge in [0, 0.05) is 64.1 Å². The number of ether oxygens (including phenoxy) is 1. The van der Waals surface area contributed by atoms with E-state index in [1.807, 2.05) is 4.90 Å². The van der Waals surface area contributed by atoms with Gasteiger partial charge < -0.3 is 29.9 Å². The van der Waals surface area contributed by atoms with Crippen molar-refractivity contribution in [3.63, 3.8) is 0 Å². The summed E-state index contributed by atoms with van der Waals surface area (Å²) >= 11 is 0. The maximum atomic E-state index is 12.4. The number of piperazine rings is 1. The van der Waals surface area contributed by atoms with Crippen LogP contribution < -0.4 is 10.2 Å². The van der Waals surface area contributed by atoms with E-state index in [1.54, 1.807) is 18.6 Å². The van der Waals surface area contributed by atoms with E-state index in [4.69, 9.17) is 14.6 Å². The van der Waals surface area contributed by atoms with Crippen LogP contribution in [0.3, 0.4) is 0 Å². The lowest BCUT2D eigenvalue weighted by Gasteiger charge is -2.35. The smallest absolute Gasteiger partial charge is 0.317 e. The van der Waals surface area contributed by atoms with Crippen molar-refractivity contribution >= 4 is 18.3 Å². The van der Waals surface area contributed by atoms with Gasteiger partial charge >= 0.3 is 6.03 Å². The molecule has 150 valence electrons. The van der Waals surface area contributed by atoms with Crippen LogP contribution in [0, 0.1) is 5.92 Å². The summed E-state index contributed by atoms with van der Waals surface area (Å²) in [6, 6.07) is 0.0145. The topological polar surface area (TPSA) is 111 Å². The first-order valence-corrected chi connectivity index (χ1v) is 9.02. The third kappa shape index (κ3) is 6.99. The molecule has 0 saturated carbocycles. The Morgan fingerprint density at radius 1 is 1.33 bits per heavy atom. The number of nitrogens with zero attached hydrogens (tertiary/aromatic N) is 5. The van der Waals surface area contributed by atoms with E-state index in [0.29, 0.717) is 32.2 Å². The number of hydrogen-bond donors (Lipinski definition) is 2. The third-order valence-electron chi connectivity index (χ3n) is 4.52. The Bertz CT molecular complexity index is 568. The number of carboxylic acid groups (broad SMARTS) is 1. The number of likely N-dealkylation sites (N-methyl/N-ethyl adjacent to an activating group) is 1. The summed E-state index contributed by atoms with van der Waals surface area (Å²) in [4.78, 5) is 35.4. The molecule has 1 unspecified atom stereocenters. The van der Waals surface area contributed by atoms with Crippen molar-refractivity contribution in [3.05, 3.63) is 18.6 Å². The van der Waals surface area contributed by atoms with E-state index in [0.717, 1.165) is 38.6 Å². The van der Waals surface area contributed by atoms with Crippen molar-refractivity contribution in [2.45, 2.75) is 0 Å². The number of rotatable bonds is 3. The molecule has 0 radical (unpaired) electrons. The van der Waals surface area contributed by atoms with Crippen LogP contribution in [0.15, 0.2) is 18.6 Å². The van der Waals surface area contributed by atoms with Crippen LogP contribution in [0.2, 0.25) is 0 Å². The molecule has 2 N–H and O–H groups in total. The molecule has 0 aliphatic carbocycles. The van der Waals surface area contributed by atoms with Gasteiger partial charge in [-0.3, -0.25) is 9.78 Å². The Labute approximate surface area is 159 Å². The van der Waals surface area contributed by atoms with Gasteiger partial charge in [0.1, 0.15) is 5.82 Å². The predicted octanol–water partition coefficient (Wildman–Crippen LogP) is -0.413. The minimum atomic E-state index is -0.250. The Morgan fingerprint density at radius 3 is 2.74 bits per heavy atom. The summed E-state index contributed by atoms with van der Waals surface area (Å²) < 4.78 is 5.59. The zero-order valence-electron chi connectivity index (χ0n) is 15.7. The molecule has 2 fully saturated rings. The van der Waals surface area contributed by atoms with Gasteiger partial charge in [0.25, 0.3) is 6.47 Å². The number of nitrogens with one attached hydrogen (secondary N) is 1. The van der Waals surface area contributed by atoms with Crippen LogP contribution in [-0.4, -0.2) is 103 Å². The van der Waals surface area contributed by atoms with Crippen molar-refractivity contribution in [2.24, 2.45) is 5.92 Å². The first-order chi connectivity index (χ1) is 13.1. The molecule has 0 spiro atoms. The minimum absolute atomic E-state index is 0.0145. The Hall–Kier alpha value is -2.46. The molecule has 0 bridgehead atoms. The highest BCUT2D eigenvalue weighted by molar-refractivity contribution is 5.74. The molecule has 3 heterocycles. The summed E-state index contributed by atoms with van der Waals surface area (Å²) in [5.74, 6) is 1.22. The zero-order chi connectivity index (χ0) is 19.5. The number of hydrogen-bond acceptors (Lipinski definition) is 7. The van der Waals surface area contributed by atoms with Gasteiger partial charge in [-0.1, -0.05) is 0 Å². The van der Waals surface area contributed by atoms with Crippen LogP contribution in [0.1, 0.15) is 0 Å². The quantitative estimate of drug-likeness (QED) is 0.681. The highest BCUT2D eigenvalue weighted by Gasteiger charge is 2.23. The summed E-state index contributed by atoms with van der Waals surface area (Å²) in [6.07, 6.45) is 5.13. The fourth-order valence-corrected chi connectivity index (χ4v) is 3.12. The Morgan fingerprint density at radius 2 is 2.07 bits per heavy atom. The van der Waals surface area contributed by atoms with Gasteiger partial charge in [-0.15, -0.1) is 0 Å². The predicted molar refractivity (Wildman–Crippen MR) is 99.7 cm³/mol. The normalized spacial score (nSPS) is 20.9. The molecule has 2 aliphatic heterocycles. The van der Waals surface area contributed by atoms with Crippen molar-refractivity contribution in [1.29, 1.82) is 0 Å². The molecule has 3 rings (SSSR count). The molecule has 1 aromatic heterocycles. The average molecular weight is 380 g/mol. The van der Waals surface area contributed by atoms with Crippen LogP contribution in [-0.2, 0) is 9.53 Å². The van der Waals surface area contributed by atoms with E-state index in [1.165, 1.54) is 0 Å². The lowest BCUT2D eigenvalue weighted by Crippen LogP contribution is -2.53. The molecule has 1 aromatic rings. The number of amides is 2. The number of aromatic nitrogens is 2. The summed E-state index contributed by atoms with van der Waals surface area (Å²) in [5.41, 5.74) is 0. The monoisotopic (exact) mass is 380 g/mol. The fraction of sp³-hybridized carbons (Fsp3) is 0.647. The van der Waals surface area contributed by atoms with Gasteiger partial charge in [0.15, 0.2) is 0 Å². The van der Waals surface area contributed by atoms with Crippen molar-refractivity contribution in [3.8, 4) is 0 Å². The Balaban J connectivity index is 0.000000817. The van der Waals surface area contributed by atoms with E-state index in [2.05, 4.69) is 32.1 Å². The van der Waals surface area contributed by atoms with Crippen LogP contribution >= 0.6 is 0 Å². The van der Waals surface area contributed by atoms with Crippen molar-refractivity contribution in [1.82, 2.24) is 25.1 Å². The second kappa shape index (κ2) is 11.3. The molecule has 27 heavy (non-hydrogen) atoms. The largest absolute Gasteiger partial charge is 0.483 e. The van der Waals surface area contributed by atoms with Crippen molar-refractivity contribution < 1.29 is 19.4 Å². The molecule has 1 atom stereocenters. The van der Waals surface area contributed by atoms with Gasteiger partial charge in [-0.25, -0.2) is 9.78 Å². The third-order valence-corrected chi connectivity index (χ3v) is 4.52. The van der Waals surface area contributed by atoms with Gasteiger partial charge in [-0.05, 0) is 7.05 Å². The maximum absolute atomic E-state index is 12.4.